The van der Waals surface area contributed by atoms with Crippen LogP contribution < -0.4 is 5.32 Å². The van der Waals surface area contributed by atoms with E-state index < -0.39 is 5.97 Å². The van der Waals surface area contributed by atoms with Gasteiger partial charge in [0.25, 0.3) is 0 Å². The largest absolute Gasteiger partial charge is 0.477 e. The van der Waals surface area contributed by atoms with Crippen molar-refractivity contribution in [3.05, 3.63) is 27.0 Å². The minimum Gasteiger partial charge on any atom is -0.477 e. The Morgan fingerprint density at radius 2 is 2.07 bits per heavy atom. The number of rotatable bonds is 5. The highest BCUT2D eigenvalue weighted by Gasteiger charge is 2.29. The molecule has 3 N–H and O–H groups in total. The Bertz CT molecular complexity index is 833. The van der Waals surface area contributed by atoms with Crippen LogP contribution in [0.25, 0.3) is 5.57 Å². The van der Waals surface area contributed by atoms with Crippen molar-refractivity contribution >= 4 is 22.9 Å². The van der Waals surface area contributed by atoms with Gasteiger partial charge in [0.05, 0.1) is 11.5 Å². The first-order chi connectivity index (χ1) is 13.8. The van der Waals surface area contributed by atoms with E-state index in [1.807, 2.05) is 6.07 Å². The zero-order valence-corrected chi connectivity index (χ0v) is 18.5. The number of nitrogens with zero attached hydrogens (tertiary/aromatic N) is 1. The number of hydrogen-bond acceptors (Lipinski definition) is 5. The molecule has 158 valence electrons. The van der Waals surface area contributed by atoms with Crippen molar-refractivity contribution in [1.29, 1.82) is 0 Å². The molecule has 2 aliphatic heterocycles. The van der Waals surface area contributed by atoms with Crippen LogP contribution >= 0.6 is 11.3 Å². The molecule has 0 amide bonds. The van der Waals surface area contributed by atoms with Crippen LogP contribution in [0.1, 0.15) is 60.1 Å². The summed E-state index contributed by atoms with van der Waals surface area (Å²) in [5, 5.41) is 22.7. The maximum Gasteiger partial charge on any atom is 0.346 e. The van der Waals surface area contributed by atoms with Gasteiger partial charge in [-0.15, -0.1) is 11.3 Å². The second kappa shape index (κ2) is 9.44. The second-order valence-corrected chi connectivity index (χ2v) is 9.99. The monoisotopic (exact) mass is 416 g/mol. The Hall–Kier alpha value is -1.65. The van der Waals surface area contributed by atoms with E-state index >= 15 is 0 Å². The number of carboxylic acid groups (broad SMARTS) is 1. The van der Waals surface area contributed by atoms with Gasteiger partial charge in [-0.05, 0) is 76.3 Å². The lowest BCUT2D eigenvalue weighted by molar-refractivity contribution is 0.0702. The van der Waals surface area contributed by atoms with Crippen molar-refractivity contribution in [2.75, 3.05) is 39.3 Å². The predicted octanol–water partition coefficient (Wildman–Crippen LogP) is 3.30. The van der Waals surface area contributed by atoms with Gasteiger partial charge in [-0.1, -0.05) is 11.8 Å². The molecular formula is C23H32N2O3S. The molecule has 0 spiro atoms. The fourth-order valence-electron chi connectivity index (χ4n) is 4.12. The maximum absolute atomic E-state index is 12.0. The highest BCUT2D eigenvalue weighted by atomic mass is 32.1. The third-order valence-corrected chi connectivity index (χ3v) is 6.56. The van der Waals surface area contributed by atoms with E-state index in [4.69, 9.17) is 0 Å². The van der Waals surface area contributed by atoms with E-state index in [1.165, 1.54) is 22.5 Å². The number of carboxylic acids is 1. The summed E-state index contributed by atoms with van der Waals surface area (Å²) in [5.41, 5.74) is 3.30. The van der Waals surface area contributed by atoms with E-state index in [-0.39, 0.29) is 12.0 Å². The zero-order valence-electron chi connectivity index (χ0n) is 17.7. The lowest BCUT2D eigenvalue weighted by atomic mass is 9.81. The average molecular weight is 417 g/mol. The number of carbonyl (C=O) groups is 1. The third-order valence-electron chi connectivity index (χ3n) is 5.52. The van der Waals surface area contributed by atoms with Crippen molar-refractivity contribution in [3.63, 3.8) is 0 Å². The first-order valence-electron chi connectivity index (χ1n) is 10.4. The Morgan fingerprint density at radius 1 is 1.34 bits per heavy atom. The number of nitrogens with one attached hydrogen (secondary N) is 1. The molecule has 1 aromatic rings. The molecule has 1 saturated heterocycles. The first kappa shape index (κ1) is 22.0. The summed E-state index contributed by atoms with van der Waals surface area (Å²) in [6, 6.07) is 1.99. The van der Waals surface area contributed by atoms with E-state index in [9.17, 15) is 15.0 Å². The van der Waals surface area contributed by atoms with Crippen LogP contribution in [0.3, 0.4) is 0 Å². The van der Waals surface area contributed by atoms with Crippen LogP contribution in [-0.2, 0) is 0 Å². The first-order valence-corrected chi connectivity index (χ1v) is 11.3. The summed E-state index contributed by atoms with van der Waals surface area (Å²) >= 11 is 1.29. The Kier molecular flexibility index (Phi) is 7.18. The molecule has 2 aliphatic rings. The zero-order chi connectivity index (χ0) is 21.0. The molecule has 0 saturated carbocycles. The Balaban J connectivity index is 2.04. The van der Waals surface area contributed by atoms with Gasteiger partial charge in [-0.25, -0.2) is 4.79 Å². The standard InChI is InChI=1S/C23H32N2O3S/c1-23(2,3)8-4-17-14-19(21(29-17)22(27)28)18-7-11-25(12-13-26)15-20(18)16-5-9-24-10-6-16/h14,16,24,26H,5-7,9-13,15H2,1-3H3,(H,27,28). The summed E-state index contributed by atoms with van der Waals surface area (Å²) in [4.78, 5) is 15.5. The SMILES string of the molecule is CC(C)(C)C#Cc1cc(C2=C(C3CCNCC3)CN(CCO)CC2)c(C(=O)O)s1. The minimum absolute atomic E-state index is 0.122. The molecule has 3 heterocycles. The van der Waals surface area contributed by atoms with Gasteiger partial charge in [0.1, 0.15) is 4.88 Å². The van der Waals surface area contributed by atoms with Gasteiger partial charge in [0.2, 0.25) is 0 Å². The molecule has 1 aromatic heterocycles. The van der Waals surface area contributed by atoms with Crippen LogP contribution in [0.5, 0.6) is 0 Å². The predicted molar refractivity (Wildman–Crippen MR) is 118 cm³/mol. The fourth-order valence-corrected chi connectivity index (χ4v) is 4.99. The second-order valence-electron chi connectivity index (χ2n) is 8.94. The molecule has 29 heavy (non-hydrogen) atoms. The summed E-state index contributed by atoms with van der Waals surface area (Å²) in [7, 11) is 0. The number of β-amino-alcohol motifs (C(OH)–C–C–N with tert-alkyl or cyclic N) is 1. The normalized spacial score (nSPS) is 19.2. The lowest BCUT2D eigenvalue weighted by Crippen LogP contribution is -2.38. The van der Waals surface area contributed by atoms with Crippen LogP contribution in [0.4, 0.5) is 0 Å². The summed E-state index contributed by atoms with van der Waals surface area (Å²) in [6.45, 7) is 10.7. The number of hydrogen-bond donors (Lipinski definition) is 3. The molecule has 5 nitrogen and oxygen atoms in total. The van der Waals surface area contributed by atoms with Gasteiger partial charge in [-0.2, -0.15) is 0 Å². The Labute approximate surface area is 177 Å². The van der Waals surface area contributed by atoms with Crippen LogP contribution in [-0.4, -0.2) is 60.4 Å². The van der Waals surface area contributed by atoms with Crippen LogP contribution in [0.2, 0.25) is 0 Å². The topological polar surface area (TPSA) is 72.8 Å². The fraction of sp³-hybridized carbons (Fsp3) is 0.609. The average Bonchev–Trinajstić information content (AvgIpc) is 3.11. The van der Waals surface area contributed by atoms with Gasteiger partial charge in [0, 0.05) is 30.6 Å². The molecule has 0 radical (unpaired) electrons. The van der Waals surface area contributed by atoms with Gasteiger partial charge < -0.3 is 15.5 Å². The number of thiophene rings is 1. The minimum atomic E-state index is -0.872. The summed E-state index contributed by atoms with van der Waals surface area (Å²) in [6.07, 6.45) is 2.98. The van der Waals surface area contributed by atoms with Crippen LogP contribution in [0, 0.1) is 23.2 Å². The molecule has 6 heteroatoms. The van der Waals surface area contributed by atoms with Crippen molar-refractivity contribution in [3.8, 4) is 11.8 Å². The van der Waals surface area contributed by atoms with E-state index in [0.29, 0.717) is 17.3 Å². The molecule has 0 aromatic carbocycles. The van der Waals surface area contributed by atoms with Gasteiger partial charge >= 0.3 is 5.97 Å². The van der Waals surface area contributed by atoms with Crippen molar-refractivity contribution in [2.24, 2.45) is 11.3 Å². The summed E-state index contributed by atoms with van der Waals surface area (Å²) in [5.74, 6) is 6.02. The van der Waals surface area contributed by atoms with E-state index in [1.54, 1.807) is 0 Å². The molecule has 0 bridgehead atoms. The number of piperidine rings is 1. The maximum atomic E-state index is 12.0. The van der Waals surface area contributed by atoms with Gasteiger partial charge in [0.15, 0.2) is 0 Å². The molecule has 1 fully saturated rings. The van der Waals surface area contributed by atoms with E-state index in [2.05, 4.69) is 42.8 Å². The quantitative estimate of drug-likeness (QED) is 0.643. The number of aromatic carboxylic acids is 1. The molecule has 3 rings (SSSR count). The smallest absolute Gasteiger partial charge is 0.346 e. The molecular weight excluding hydrogens is 384 g/mol. The highest BCUT2D eigenvalue weighted by molar-refractivity contribution is 7.14. The number of aliphatic hydroxyl groups excluding tert-OH is 1. The van der Waals surface area contributed by atoms with Crippen molar-refractivity contribution < 1.29 is 15.0 Å². The van der Waals surface area contributed by atoms with Crippen LogP contribution in [0.15, 0.2) is 11.6 Å². The highest BCUT2D eigenvalue weighted by Crippen LogP contribution is 2.39. The van der Waals surface area contributed by atoms with E-state index in [0.717, 1.165) is 55.9 Å². The third kappa shape index (κ3) is 5.70. The number of aliphatic hydroxyl groups is 1. The van der Waals surface area contributed by atoms with Crippen molar-refractivity contribution in [2.45, 2.75) is 40.0 Å². The van der Waals surface area contributed by atoms with Crippen molar-refractivity contribution in [1.82, 2.24) is 10.2 Å². The summed E-state index contributed by atoms with van der Waals surface area (Å²) < 4.78 is 0. The lowest BCUT2D eigenvalue weighted by Gasteiger charge is -2.36. The van der Waals surface area contributed by atoms with Gasteiger partial charge in [-0.3, -0.25) is 4.90 Å². The molecule has 0 atom stereocenters. The molecule has 0 aliphatic carbocycles. The molecule has 0 unspecified atom stereocenters. The Morgan fingerprint density at radius 3 is 2.69 bits per heavy atom.